The molecule has 1 fully saturated rings. The van der Waals surface area contributed by atoms with Gasteiger partial charge in [-0.05, 0) is 37.1 Å². The van der Waals surface area contributed by atoms with Gasteiger partial charge >= 0.3 is 12.0 Å². The second kappa shape index (κ2) is 5.82. The summed E-state index contributed by atoms with van der Waals surface area (Å²) in [6.07, 6.45) is 0.583. The third-order valence-electron chi connectivity index (χ3n) is 3.45. The fourth-order valence-electron chi connectivity index (χ4n) is 2.26. The topological polar surface area (TPSA) is 98.7 Å². The number of aromatic carboxylic acids is 1. The van der Waals surface area contributed by atoms with Crippen LogP contribution in [0.15, 0.2) is 18.2 Å². The summed E-state index contributed by atoms with van der Waals surface area (Å²) in [5.74, 6) is -1.12. The third-order valence-corrected chi connectivity index (χ3v) is 3.45. The molecule has 3 amide bonds. The highest BCUT2D eigenvalue weighted by Gasteiger charge is 2.30. The molecule has 0 radical (unpaired) electrons. The van der Waals surface area contributed by atoms with Crippen molar-refractivity contribution < 1.29 is 19.5 Å². The van der Waals surface area contributed by atoms with E-state index in [1.54, 1.807) is 24.9 Å². The van der Waals surface area contributed by atoms with E-state index in [0.717, 1.165) is 0 Å². The van der Waals surface area contributed by atoms with Gasteiger partial charge in [0, 0.05) is 19.3 Å². The van der Waals surface area contributed by atoms with Crippen LogP contribution in [0.2, 0.25) is 0 Å². The van der Waals surface area contributed by atoms with Crippen LogP contribution in [0, 0.1) is 6.92 Å². The lowest BCUT2D eigenvalue weighted by Crippen LogP contribution is -2.42. The molecule has 112 valence electrons. The SMILES string of the molecule is Cc1cc(NC(=O)NC2CCN(C)C2=O)ccc1C(=O)O. The number of aryl methyl sites for hydroxylation is 1. The molecule has 1 aliphatic rings. The minimum Gasteiger partial charge on any atom is -0.478 e. The number of anilines is 1. The summed E-state index contributed by atoms with van der Waals surface area (Å²) in [5.41, 5.74) is 1.22. The Kier molecular flexibility index (Phi) is 4.11. The first-order valence-electron chi connectivity index (χ1n) is 6.55. The molecule has 2 rings (SSSR count). The van der Waals surface area contributed by atoms with Gasteiger partial charge in [-0.15, -0.1) is 0 Å². The molecule has 3 N–H and O–H groups in total. The normalized spacial score (nSPS) is 17.7. The first-order valence-corrected chi connectivity index (χ1v) is 6.55. The summed E-state index contributed by atoms with van der Waals surface area (Å²) in [6, 6.07) is 3.53. The van der Waals surface area contributed by atoms with Crippen LogP contribution in [0.5, 0.6) is 0 Å². The summed E-state index contributed by atoms with van der Waals surface area (Å²) in [4.78, 5) is 36.0. The highest BCUT2D eigenvalue weighted by Crippen LogP contribution is 2.15. The Hall–Kier alpha value is -2.57. The van der Waals surface area contributed by atoms with E-state index < -0.39 is 18.0 Å². The number of hydrogen-bond acceptors (Lipinski definition) is 3. The Morgan fingerprint density at radius 2 is 2.10 bits per heavy atom. The van der Waals surface area contributed by atoms with Gasteiger partial charge in [0.05, 0.1) is 5.56 Å². The van der Waals surface area contributed by atoms with Crippen LogP contribution in [0.1, 0.15) is 22.3 Å². The summed E-state index contributed by atoms with van der Waals surface area (Å²) in [5, 5.41) is 14.1. The van der Waals surface area contributed by atoms with Crippen LogP contribution >= 0.6 is 0 Å². The minimum atomic E-state index is -1.01. The number of nitrogens with one attached hydrogen (secondary N) is 2. The van der Waals surface area contributed by atoms with E-state index in [1.165, 1.54) is 12.1 Å². The van der Waals surface area contributed by atoms with E-state index in [2.05, 4.69) is 10.6 Å². The number of carbonyl (C=O) groups is 3. The van der Waals surface area contributed by atoms with E-state index in [-0.39, 0.29) is 11.5 Å². The van der Waals surface area contributed by atoms with Crippen molar-refractivity contribution in [3.8, 4) is 0 Å². The minimum absolute atomic E-state index is 0.109. The molecule has 0 saturated carbocycles. The lowest BCUT2D eigenvalue weighted by atomic mass is 10.1. The maximum atomic E-state index is 11.8. The molecule has 1 aromatic carbocycles. The maximum absolute atomic E-state index is 11.8. The van der Waals surface area contributed by atoms with E-state index in [9.17, 15) is 14.4 Å². The van der Waals surface area contributed by atoms with Crippen molar-refractivity contribution in [2.45, 2.75) is 19.4 Å². The lowest BCUT2D eigenvalue weighted by Gasteiger charge is -2.13. The second-order valence-corrected chi connectivity index (χ2v) is 5.03. The van der Waals surface area contributed by atoms with Crippen molar-refractivity contribution in [3.63, 3.8) is 0 Å². The molecular weight excluding hydrogens is 274 g/mol. The van der Waals surface area contributed by atoms with Gasteiger partial charge in [-0.2, -0.15) is 0 Å². The molecule has 0 bridgehead atoms. The number of nitrogens with zero attached hydrogens (tertiary/aromatic N) is 1. The zero-order valence-electron chi connectivity index (χ0n) is 11.8. The molecule has 7 nitrogen and oxygen atoms in total. The largest absolute Gasteiger partial charge is 0.478 e. The van der Waals surface area contributed by atoms with Crippen LogP contribution < -0.4 is 10.6 Å². The monoisotopic (exact) mass is 291 g/mol. The van der Waals surface area contributed by atoms with Crippen LogP contribution in [-0.4, -0.2) is 47.5 Å². The summed E-state index contributed by atoms with van der Waals surface area (Å²) >= 11 is 0. The molecule has 1 saturated heterocycles. The van der Waals surface area contributed by atoms with Gasteiger partial charge in [0.15, 0.2) is 0 Å². The Morgan fingerprint density at radius 1 is 1.38 bits per heavy atom. The molecule has 7 heteroatoms. The zero-order chi connectivity index (χ0) is 15.6. The highest BCUT2D eigenvalue weighted by atomic mass is 16.4. The van der Waals surface area contributed by atoms with Crippen LogP contribution in [-0.2, 0) is 4.79 Å². The Labute approximate surface area is 121 Å². The van der Waals surface area contributed by atoms with E-state index in [0.29, 0.717) is 24.2 Å². The lowest BCUT2D eigenvalue weighted by molar-refractivity contribution is -0.128. The molecule has 1 aromatic rings. The predicted molar refractivity (Wildman–Crippen MR) is 76.3 cm³/mol. The van der Waals surface area contributed by atoms with Crippen molar-refractivity contribution in [2.24, 2.45) is 0 Å². The molecule has 0 spiro atoms. The summed E-state index contributed by atoms with van der Waals surface area (Å²) < 4.78 is 0. The number of likely N-dealkylation sites (N-methyl/N-ethyl adjacent to an activating group) is 1. The molecule has 1 aliphatic heterocycles. The summed E-state index contributed by atoms with van der Waals surface area (Å²) in [7, 11) is 1.69. The average molecular weight is 291 g/mol. The van der Waals surface area contributed by atoms with E-state index in [1.807, 2.05) is 0 Å². The smallest absolute Gasteiger partial charge is 0.335 e. The first kappa shape index (κ1) is 14.8. The molecule has 1 atom stereocenters. The molecule has 21 heavy (non-hydrogen) atoms. The number of carbonyl (C=O) groups excluding carboxylic acids is 2. The van der Waals surface area contributed by atoms with Crippen molar-refractivity contribution in [3.05, 3.63) is 29.3 Å². The number of hydrogen-bond donors (Lipinski definition) is 3. The second-order valence-electron chi connectivity index (χ2n) is 5.03. The fraction of sp³-hybridized carbons (Fsp3) is 0.357. The van der Waals surface area contributed by atoms with Gasteiger partial charge in [0.2, 0.25) is 5.91 Å². The van der Waals surface area contributed by atoms with Crippen LogP contribution in [0.25, 0.3) is 0 Å². The van der Waals surface area contributed by atoms with Gasteiger partial charge in [-0.1, -0.05) is 0 Å². The summed E-state index contributed by atoms with van der Waals surface area (Å²) in [6.45, 7) is 2.28. The van der Waals surface area contributed by atoms with Gasteiger partial charge < -0.3 is 20.6 Å². The first-order chi connectivity index (χ1) is 9.88. The van der Waals surface area contributed by atoms with Crippen molar-refractivity contribution >= 4 is 23.6 Å². The number of carboxylic acid groups (broad SMARTS) is 1. The van der Waals surface area contributed by atoms with Gasteiger partial charge in [0.1, 0.15) is 6.04 Å². The quantitative estimate of drug-likeness (QED) is 0.775. The zero-order valence-corrected chi connectivity index (χ0v) is 11.8. The number of benzene rings is 1. The molecular formula is C14H17N3O4. The van der Waals surface area contributed by atoms with Crippen molar-refractivity contribution in [2.75, 3.05) is 18.9 Å². The van der Waals surface area contributed by atoms with Gasteiger partial charge in [-0.25, -0.2) is 9.59 Å². The van der Waals surface area contributed by atoms with E-state index in [4.69, 9.17) is 5.11 Å². The Bertz CT molecular complexity index is 600. The van der Waals surface area contributed by atoms with Crippen LogP contribution in [0.3, 0.4) is 0 Å². The standard InChI is InChI=1S/C14H17N3O4/c1-8-7-9(3-4-10(8)13(19)20)15-14(21)16-11-5-6-17(2)12(11)18/h3-4,7,11H,5-6H2,1-2H3,(H,19,20)(H2,15,16,21). The number of rotatable bonds is 3. The molecule has 0 aliphatic carbocycles. The number of likely N-dealkylation sites (tertiary alicyclic amines) is 1. The average Bonchev–Trinajstić information content (AvgIpc) is 2.70. The highest BCUT2D eigenvalue weighted by molar-refractivity contribution is 5.95. The number of carboxylic acids is 1. The van der Waals surface area contributed by atoms with Crippen molar-refractivity contribution in [1.82, 2.24) is 10.2 Å². The molecule has 0 aromatic heterocycles. The fourth-order valence-corrected chi connectivity index (χ4v) is 2.26. The van der Waals surface area contributed by atoms with Crippen molar-refractivity contribution in [1.29, 1.82) is 0 Å². The maximum Gasteiger partial charge on any atom is 0.335 e. The van der Waals surface area contributed by atoms with Gasteiger partial charge in [0.25, 0.3) is 0 Å². The molecule has 1 unspecified atom stereocenters. The molecule has 1 heterocycles. The number of amides is 3. The number of urea groups is 1. The Morgan fingerprint density at radius 3 is 2.62 bits per heavy atom. The van der Waals surface area contributed by atoms with Crippen LogP contribution in [0.4, 0.5) is 10.5 Å². The Balaban J connectivity index is 1.98. The van der Waals surface area contributed by atoms with Gasteiger partial charge in [-0.3, -0.25) is 4.79 Å². The third kappa shape index (κ3) is 3.31. The van der Waals surface area contributed by atoms with E-state index >= 15 is 0 Å². The predicted octanol–water partition coefficient (Wildman–Crippen LogP) is 1.05.